The number of alkyl halides is 1. The minimum Gasteiger partial charge on any atom is -0.378 e. The lowest BCUT2D eigenvalue weighted by atomic mass is 9.98. The lowest BCUT2D eigenvalue weighted by Crippen LogP contribution is -2.06. The topological polar surface area (TPSA) is 9.23 Å². The Bertz CT molecular complexity index is 593. The largest absolute Gasteiger partial charge is 0.378 e. The second kappa shape index (κ2) is 6.46. The van der Waals surface area contributed by atoms with Crippen molar-refractivity contribution >= 4 is 38.3 Å². The number of halogens is 2. The van der Waals surface area contributed by atoms with Crippen molar-refractivity contribution in [1.82, 2.24) is 0 Å². The number of rotatable bonds is 4. The highest BCUT2D eigenvalue weighted by molar-refractivity contribution is 9.10. The number of hydrogen-bond donors (Lipinski definition) is 0. The highest BCUT2D eigenvalue weighted by Crippen LogP contribution is 2.36. The van der Waals surface area contributed by atoms with Gasteiger partial charge in [-0.2, -0.15) is 0 Å². The molecule has 1 aliphatic heterocycles. The van der Waals surface area contributed by atoms with Gasteiger partial charge < -0.3 is 4.74 Å². The maximum absolute atomic E-state index is 6.65. The van der Waals surface area contributed by atoms with E-state index in [4.69, 9.17) is 16.3 Å². The highest BCUT2D eigenvalue weighted by Gasteiger charge is 2.19. The summed E-state index contributed by atoms with van der Waals surface area (Å²) in [4.78, 5) is 0. The monoisotopic (exact) mass is 352 g/mol. The SMILES string of the molecule is ClC(CCC1CCCO1)c1ccc(Br)c2ccccc12. The molecule has 1 saturated heterocycles. The Morgan fingerprint density at radius 1 is 1.20 bits per heavy atom. The third-order valence-electron chi connectivity index (χ3n) is 4.01. The van der Waals surface area contributed by atoms with Crippen molar-refractivity contribution in [2.45, 2.75) is 37.2 Å². The molecule has 0 amide bonds. The van der Waals surface area contributed by atoms with Gasteiger partial charge >= 0.3 is 0 Å². The van der Waals surface area contributed by atoms with Crippen molar-refractivity contribution in [2.24, 2.45) is 0 Å². The van der Waals surface area contributed by atoms with E-state index in [0.717, 1.165) is 23.9 Å². The summed E-state index contributed by atoms with van der Waals surface area (Å²) in [6.45, 7) is 0.916. The number of fused-ring (bicyclic) bond motifs is 1. The average molecular weight is 354 g/mol. The number of ether oxygens (including phenoxy) is 1. The van der Waals surface area contributed by atoms with Crippen LogP contribution in [0.2, 0.25) is 0 Å². The predicted molar refractivity (Wildman–Crippen MR) is 88.5 cm³/mol. The molecular weight excluding hydrogens is 336 g/mol. The van der Waals surface area contributed by atoms with E-state index in [9.17, 15) is 0 Å². The minimum atomic E-state index is 0.0530. The minimum absolute atomic E-state index is 0.0530. The summed E-state index contributed by atoms with van der Waals surface area (Å²) in [7, 11) is 0. The van der Waals surface area contributed by atoms with Crippen molar-refractivity contribution in [3.8, 4) is 0 Å². The van der Waals surface area contributed by atoms with E-state index in [-0.39, 0.29) is 5.38 Å². The molecule has 0 radical (unpaired) electrons. The lowest BCUT2D eigenvalue weighted by Gasteiger charge is -2.16. The van der Waals surface area contributed by atoms with E-state index >= 15 is 0 Å². The van der Waals surface area contributed by atoms with Crippen LogP contribution >= 0.6 is 27.5 Å². The molecular formula is C17H18BrClO. The summed E-state index contributed by atoms with van der Waals surface area (Å²) in [5.41, 5.74) is 1.23. The second-order valence-electron chi connectivity index (χ2n) is 5.36. The van der Waals surface area contributed by atoms with Gasteiger partial charge in [-0.25, -0.2) is 0 Å². The molecule has 3 rings (SSSR count). The van der Waals surface area contributed by atoms with Gasteiger partial charge in [-0.3, -0.25) is 0 Å². The molecule has 0 aromatic heterocycles. The fraction of sp³-hybridized carbons (Fsp3) is 0.412. The zero-order chi connectivity index (χ0) is 13.9. The Hall–Kier alpha value is -0.570. The van der Waals surface area contributed by atoms with E-state index in [1.54, 1.807) is 0 Å². The fourth-order valence-corrected chi connectivity index (χ4v) is 3.71. The maximum Gasteiger partial charge on any atom is 0.0592 e. The van der Waals surface area contributed by atoms with Crippen LogP contribution in [-0.2, 0) is 4.74 Å². The van der Waals surface area contributed by atoms with Crippen LogP contribution in [0.15, 0.2) is 40.9 Å². The first-order valence-corrected chi connectivity index (χ1v) is 8.41. The normalized spacial score (nSPS) is 20.4. The maximum atomic E-state index is 6.65. The molecule has 2 aromatic carbocycles. The van der Waals surface area contributed by atoms with Crippen LogP contribution in [0, 0.1) is 0 Å². The summed E-state index contributed by atoms with van der Waals surface area (Å²) in [5, 5.41) is 2.53. The molecule has 2 unspecified atom stereocenters. The fourth-order valence-electron chi connectivity index (χ4n) is 2.92. The van der Waals surface area contributed by atoms with E-state index in [1.165, 1.54) is 29.2 Å². The summed E-state index contributed by atoms with van der Waals surface area (Å²) < 4.78 is 6.80. The molecule has 0 spiro atoms. The van der Waals surface area contributed by atoms with Crippen LogP contribution in [-0.4, -0.2) is 12.7 Å². The average Bonchev–Trinajstić information content (AvgIpc) is 2.99. The van der Waals surface area contributed by atoms with Gasteiger partial charge in [0.25, 0.3) is 0 Å². The Morgan fingerprint density at radius 3 is 2.75 bits per heavy atom. The summed E-state index contributed by atoms with van der Waals surface area (Å²) in [6.07, 6.45) is 4.82. The van der Waals surface area contributed by atoms with Crippen LogP contribution in [0.3, 0.4) is 0 Å². The summed E-state index contributed by atoms with van der Waals surface area (Å²) in [6, 6.07) is 12.6. The molecule has 1 aliphatic rings. The molecule has 2 atom stereocenters. The Balaban J connectivity index is 1.80. The standard InChI is InChI=1S/C17H18BrClO/c18-16-9-8-15(13-5-1-2-6-14(13)16)17(19)10-7-12-4-3-11-20-12/h1-2,5-6,8-9,12,17H,3-4,7,10-11H2. The Kier molecular flexibility index (Phi) is 4.65. The smallest absolute Gasteiger partial charge is 0.0592 e. The van der Waals surface area contributed by atoms with E-state index < -0.39 is 0 Å². The Morgan fingerprint density at radius 2 is 2.00 bits per heavy atom. The van der Waals surface area contributed by atoms with Crippen molar-refractivity contribution in [2.75, 3.05) is 6.61 Å². The summed E-state index contributed by atoms with van der Waals surface area (Å²) >= 11 is 10.3. The molecule has 2 aromatic rings. The van der Waals surface area contributed by atoms with Gasteiger partial charge in [-0.1, -0.05) is 46.3 Å². The van der Waals surface area contributed by atoms with E-state index in [2.05, 4.69) is 52.3 Å². The van der Waals surface area contributed by atoms with Gasteiger partial charge in [0.15, 0.2) is 0 Å². The van der Waals surface area contributed by atoms with Gasteiger partial charge in [0.1, 0.15) is 0 Å². The third-order valence-corrected chi connectivity index (χ3v) is 5.15. The first-order chi connectivity index (χ1) is 9.75. The molecule has 0 bridgehead atoms. The first kappa shape index (κ1) is 14.4. The molecule has 3 heteroatoms. The molecule has 0 saturated carbocycles. The van der Waals surface area contributed by atoms with Gasteiger partial charge in [0.05, 0.1) is 11.5 Å². The highest BCUT2D eigenvalue weighted by atomic mass is 79.9. The van der Waals surface area contributed by atoms with Crippen LogP contribution < -0.4 is 0 Å². The first-order valence-electron chi connectivity index (χ1n) is 7.18. The van der Waals surface area contributed by atoms with Crippen LogP contribution in [0.4, 0.5) is 0 Å². The van der Waals surface area contributed by atoms with Crippen molar-refractivity contribution in [1.29, 1.82) is 0 Å². The molecule has 1 heterocycles. The number of benzene rings is 2. The van der Waals surface area contributed by atoms with Gasteiger partial charge in [-0.05, 0) is 48.1 Å². The van der Waals surface area contributed by atoms with Gasteiger partial charge in [0, 0.05) is 11.1 Å². The molecule has 20 heavy (non-hydrogen) atoms. The molecule has 1 nitrogen and oxygen atoms in total. The van der Waals surface area contributed by atoms with Crippen LogP contribution in [0.5, 0.6) is 0 Å². The zero-order valence-corrected chi connectivity index (χ0v) is 13.7. The van der Waals surface area contributed by atoms with Crippen LogP contribution in [0.25, 0.3) is 10.8 Å². The molecule has 0 aliphatic carbocycles. The zero-order valence-electron chi connectivity index (χ0n) is 11.3. The predicted octanol–water partition coefficient (Wildman–Crippen LogP) is 5.84. The second-order valence-corrected chi connectivity index (χ2v) is 6.74. The molecule has 1 fully saturated rings. The Labute approximate surface area is 133 Å². The van der Waals surface area contributed by atoms with Crippen molar-refractivity contribution in [3.05, 3.63) is 46.4 Å². The van der Waals surface area contributed by atoms with E-state index in [0.29, 0.717) is 6.10 Å². The van der Waals surface area contributed by atoms with E-state index in [1.807, 2.05) is 0 Å². The molecule has 0 N–H and O–H groups in total. The number of hydrogen-bond acceptors (Lipinski definition) is 1. The summed E-state index contributed by atoms with van der Waals surface area (Å²) in [5.74, 6) is 0. The van der Waals surface area contributed by atoms with Crippen LogP contribution in [0.1, 0.15) is 36.6 Å². The van der Waals surface area contributed by atoms with Gasteiger partial charge in [0.2, 0.25) is 0 Å². The molecule has 106 valence electrons. The van der Waals surface area contributed by atoms with Gasteiger partial charge in [-0.15, -0.1) is 11.6 Å². The van der Waals surface area contributed by atoms with Crippen molar-refractivity contribution in [3.63, 3.8) is 0 Å². The third kappa shape index (κ3) is 3.03. The lowest BCUT2D eigenvalue weighted by molar-refractivity contribution is 0.102. The quantitative estimate of drug-likeness (QED) is 0.627. The van der Waals surface area contributed by atoms with Crippen molar-refractivity contribution < 1.29 is 4.74 Å².